The minimum Gasteiger partial charge on any atom is -0.459 e. The van der Waals surface area contributed by atoms with E-state index in [-0.39, 0.29) is 17.8 Å². The summed E-state index contributed by atoms with van der Waals surface area (Å²) in [5.74, 6) is -1.07. The third-order valence-corrected chi connectivity index (χ3v) is 23.8. The van der Waals surface area contributed by atoms with Gasteiger partial charge < -0.3 is 123 Å². The largest absolute Gasteiger partial charge is 0.459 e. The maximum Gasteiger partial charge on any atom is 0.397 e. The van der Waals surface area contributed by atoms with Crippen molar-refractivity contribution < 1.29 is 162 Å². The fourth-order valence-electron chi connectivity index (χ4n) is 17.8. The van der Waals surface area contributed by atoms with Gasteiger partial charge in [0, 0.05) is 13.0 Å². The number of carbonyl (C=O) groups is 1. The standard InChI is InChI=1S/C60H96O34S2/c1-23(2)27(62)12-17-59(8)33-13-16-58(7)25-10-11-32-56(4,5)35(14-15-57(32,6)26(25)18-34(63)60(33,58)55(74)94-59)90-54-49(39(67)29(20-82-54)87-51-42(70)40(68)36(64)30(88-51)21-83-95(75,76)77)93-50-43(71)41(69)46(24(3)85-50)91-53-45(73)48(38(66)31(89-53)22-84-96(78,79)80)92-52-44(72)47(81-9)37(65)28(19-61)86-52/h18,24-25,27-54,61-73H,1,10-17,19-22H2,2-9H3,(H,75,76,77)(H,78,79,80)/t24-,25-,27-,28-,29-,30-,31-,32-,33-,34+,35+,36+,37-,38-,39+,40+,41+,42-,43-,44-,45-,46-,47+,48+,49-,50+,51-,52+,53+,54+,57-,58+,59+,60+/m1/s1. The smallest absolute Gasteiger partial charge is 0.397 e. The molecule has 0 aromatic carbocycles. The van der Waals surface area contributed by atoms with Crippen molar-refractivity contribution in [3.63, 3.8) is 0 Å². The monoisotopic (exact) mass is 1420 g/mol. The third-order valence-electron chi connectivity index (χ3n) is 22.9. The molecule has 36 heteroatoms. The highest BCUT2D eigenvalue weighted by atomic mass is 32.3. The molecular formula is C60H96O34S2. The number of ether oxygens (including phenoxy) is 12. The van der Waals surface area contributed by atoms with E-state index < -0.39 is 246 Å². The van der Waals surface area contributed by atoms with Crippen molar-refractivity contribution in [1.29, 1.82) is 0 Å². The van der Waals surface area contributed by atoms with Crippen LogP contribution in [-0.4, -0.2) is 303 Å². The molecule has 1 spiro atoms. The molecule has 0 bridgehead atoms. The number of methoxy groups -OCH3 is 1. The predicted molar refractivity (Wildman–Crippen MR) is 317 cm³/mol. The molecule has 34 atom stereocenters. The van der Waals surface area contributed by atoms with Crippen LogP contribution in [0.15, 0.2) is 23.8 Å². The molecule has 96 heavy (non-hydrogen) atoms. The molecule has 15 N–H and O–H groups in total. The van der Waals surface area contributed by atoms with Crippen molar-refractivity contribution in [3.05, 3.63) is 23.8 Å². The van der Waals surface area contributed by atoms with Gasteiger partial charge in [0.2, 0.25) is 0 Å². The summed E-state index contributed by atoms with van der Waals surface area (Å²) in [5.41, 5.74) is -2.62. The van der Waals surface area contributed by atoms with Gasteiger partial charge >= 0.3 is 26.8 Å². The molecule has 4 aliphatic carbocycles. The molecule has 552 valence electrons. The second kappa shape index (κ2) is 28.4. The Hall–Kier alpha value is -2.27. The van der Waals surface area contributed by atoms with Crippen LogP contribution in [-0.2, 0) is 90.8 Å². The van der Waals surface area contributed by atoms with Gasteiger partial charge in [-0.1, -0.05) is 51.5 Å². The molecule has 34 nitrogen and oxygen atoms in total. The Balaban J connectivity index is 0.893. The van der Waals surface area contributed by atoms with E-state index in [0.717, 1.165) is 12.7 Å². The van der Waals surface area contributed by atoms with Crippen LogP contribution in [0.2, 0.25) is 0 Å². The van der Waals surface area contributed by atoms with E-state index in [0.29, 0.717) is 56.9 Å². The first-order valence-electron chi connectivity index (χ1n) is 32.3. The molecule has 3 saturated carbocycles. The number of hydrogen-bond acceptors (Lipinski definition) is 32. The van der Waals surface area contributed by atoms with Crippen molar-refractivity contribution in [2.24, 2.45) is 39.4 Å². The third kappa shape index (κ3) is 13.8. The van der Waals surface area contributed by atoms with Crippen LogP contribution in [0.1, 0.15) is 99.8 Å². The van der Waals surface area contributed by atoms with E-state index in [1.807, 2.05) is 26.8 Å². The summed E-state index contributed by atoms with van der Waals surface area (Å²) >= 11 is 0. The van der Waals surface area contributed by atoms with E-state index in [2.05, 4.69) is 28.8 Å². The number of cyclic esters (lactones) is 1. The van der Waals surface area contributed by atoms with Gasteiger partial charge in [-0.25, -0.2) is 8.37 Å². The lowest BCUT2D eigenvalue weighted by Gasteiger charge is -2.64. The molecule has 10 aliphatic rings. The second-order valence-corrected chi connectivity index (χ2v) is 31.0. The molecule has 10 rings (SSSR count). The minimum absolute atomic E-state index is 0.128. The topological polar surface area (TPSA) is 518 Å². The fourth-order valence-corrected chi connectivity index (χ4v) is 18.4. The number of allylic oxidation sites excluding steroid dienone is 1. The lowest BCUT2D eigenvalue weighted by atomic mass is 9.40. The first-order chi connectivity index (χ1) is 44.7. The Morgan fingerprint density at radius 3 is 1.78 bits per heavy atom. The van der Waals surface area contributed by atoms with Gasteiger partial charge in [-0.3, -0.25) is 13.9 Å². The van der Waals surface area contributed by atoms with Crippen molar-refractivity contribution in [1.82, 2.24) is 0 Å². The molecule has 6 saturated heterocycles. The van der Waals surface area contributed by atoms with E-state index >= 15 is 0 Å². The van der Waals surface area contributed by atoms with Crippen molar-refractivity contribution >= 4 is 26.8 Å². The molecule has 0 unspecified atom stereocenters. The summed E-state index contributed by atoms with van der Waals surface area (Å²) in [4.78, 5) is 14.6. The van der Waals surface area contributed by atoms with Gasteiger partial charge in [0.25, 0.3) is 0 Å². The Morgan fingerprint density at radius 1 is 0.625 bits per heavy atom. The number of hydrogen-bond donors (Lipinski definition) is 15. The van der Waals surface area contributed by atoms with Gasteiger partial charge in [-0.05, 0) is 100 Å². The van der Waals surface area contributed by atoms with Gasteiger partial charge in [0.05, 0.1) is 50.8 Å². The van der Waals surface area contributed by atoms with Crippen LogP contribution in [0.25, 0.3) is 0 Å². The maximum atomic E-state index is 14.6. The summed E-state index contributed by atoms with van der Waals surface area (Å²) < 4.78 is 146. The number of rotatable bonds is 22. The average Bonchev–Trinajstić information content (AvgIpc) is 1.46. The van der Waals surface area contributed by atoms with E-state index in [9.17, 15) is 97.1 Å². The molecule has 9 fully saturated rings. The van der Waals surface area contributed by atoms with Crippen LogP contribution in [0, 0.1) is 39.4 Å². The molecule has 6 aliphatic heterocycles. The lowest BCUT2D eigenvalue weighted by Crippen LogP contribution is -2.67. The molecule has 0 radical (unpaired) electrons. The predicted octanol–water partition coefficient (Wildman–Crippen LogP) is -3.97. The Labute approximate surface area is 555 Å². The number of fused-ring (bicyclic) bond motifs is 4. The Morgan fingerprint density at radius 2 is 1.18 bits per heavy atom. The molecule has 0 aromatic rings. The van der Waals surface area contributed by atoms with E-state index in [1.54, 1.807) is 6.92 Å². The zero-order chi connectivity index (χ0) is 70.6. The molecule has 0 amide bonds. The number of aliphatic hydroxyl groups excluding tert-OH is 13. The highest BCUT2D eigenvalue weighted by Crippen LogP contribution is 2.76. The summed E-state index contributed by atoms with van der Waals surface area (Å²) in [5, 5.41) is 147. The van der Waals surface area contributed by atoms with E-state index in [1.165, 1.54) is 6.92 Å². The highest BCUT2D eigenvalue weighted by Gasteiger charge is 2.79. The Kier molecular flexibility index (Phi) is 22.6. The summed E-state index contributed by atoms with van der Waals surface area (Å²) in [7, 11) is -9.23. The molecule has 0 aromatic heterocycles. The van der Waals surface area contributed by atoms with Crippen LogP contribution >= 0.6 is 0 Å². The van der Waals surface area contributed by atoms with Gasteiger partial charge in [0.15, 0.2) is 31.5 Å². The van der Waals surface area contributed by atoms with Crippen LogP contribution < -0.4 is 0 Å². The summed E-state index contributed by atoms with van der Waals surface area (Å²) in [6.45, 7) is 13.4. The SMILES string of the molecule is C=C(C)[C@H](O)CC[C@]1(C)OC(=O)[C@]23[C@@H](O)C=C4[C@@H](CC[C@@H]5C(C)(C)[C@@H](O[C@@H]6OC[C@@H](O[C@@H]7O[C@H](COS(=O)(=O)O)[C@H](O)[C@H](O)[C@H]7O)[C@H](O)[C@H]6O[C@@H]6O[C@H](C)[C@@H](O[C@@H]7O[C@H](COS(=O)(=O)O)[C@@H](O)[C@H](O[C@@H]8O[C@H](CO)[C@@H](O)[C@H](OC)[C@H]8O)[C@H]7O)[C@@H](O)[C@H]6O)CC[C@]45C)[C@]2(C)CC[C@@H]31. The van der Waals surface area contributed by atoms with Gasteiger partial charge in [0.1, 0.15) is 121 Å². The van der Waals surface area contributed by atoms with Crippen molar-refractivity contribution in [2.75, 3.05) is 33.5 Å². The van der Waals surface area contributed by atoms with Crippen LogP contribution in [0.5, 0.6) is 0 Å². The summed E-state index contributed by atoms with van der Waals surface area (Å²) in [6.07, 6.45) is -41.8. The highest BCUT2D eigenvalue weighted by molar-refractivity contribution is 7.81. The quantitative estimate of drug-likeness (QED) is 0.0213. The number of esters is 1. The zero-order valence-electron chi connectivity index (χ0n) is 54.4. The fraction of sp³-hybridized carbons (Fsp3) is 0.917. The number of carbonyl (C=O) groups excluding carboxylic acids is 1. The average molecular weight is 1430 g/mol. The summed E-state index contributed by atoms with van der Waals surface area (Å²) in [6, 6.07) is 0. The zero-order valence-corrected chi connectivity index (χ0v) is 56.0. The van der Waals surface area contributed by atoms with Crippen LogP contribution in [0.4, 0.5) is 0 Å². The van der Waals surface area contributed by atoms with Gasteiger partial charge in [-0.2, -0.15) is 16.8 Å². The first-order valence-corrected chi connectivity index (χ1v) is 35.1. The maximum absolute atomic E-state index is 14.6. The second-order valence-electron chi connectivity index (χ2n) is 28.9. The van der Waals surface area contributed by atoms with Crippen LogP contribution in [0.3, 0.4) is 0 Å². The minimum atomic E-state index is -5.22. The lowest BCUT2D eigenvalue weighted by molar-refractivity contribution is -0.394. The van der Waals surface area contributed by atoms with Crippen molar-refractivity contribution in [3.8, 4) is 0 Å². The normalized spacial score (nSPS) is 49.9. The number of aliphatic hydroxyl groups is 13. The first kappa shape index (κ1) is 76.4. The van der Waals surface area contributed by atoms with E-state index in [4.69, 9.17) is 56.8 Å². The molecular weight excluding hydrogens is 1330 g/mol. The Bertz CT molecular complexity index is 3020. The molecule has 6 heterocycles. The van der Waals surface area contributed by atoms with Crippen molar-refractivity contribution in [2.45, 2.75) is 271 Å². The van der Waals surface area contributed by atoms with Gasteiger partial charge in [-0.15, -0.1) is 0 Å².